The molecule has 134 valence electrons. The molecular weight excluding hydrogens is 388 g/mol. The van der Waals surface area contributed by atoms with Crippen LogP contribution in [0.25, 0.3) is 11.3 Å². The average molecular weight is 411 g/mol. The van der Waals surface area contributed by atoms with E-state index in [4.69, 9.17) is 4.42 Å². The minimum Gasteiger partial charge on any atom is -0.455 e. The fourth-order valence-corrected chi connectivity index (χ4v) is 3.55. The van der Waals surface area contributed by atoms with Crippen LogP contribution in [0, 0.1) is 6.92 Å². The highest BCUT2D eigenvalue weighted by atomic mass is 79.9. The van der Waals surface area contributed by atoms with E-state index >= 15 is 0 Å². The lowest BCUT2D eigenvalue weighted by molar-refractivity contribution is 0.575. The third-order valence-corrected chi connectivity index (χ3v) is 4.99. The van der Waals surface area contributed by atoms with Crippen LogP contribution in [0.3, 0.4) is 0 Å². The van der Waals surface area contributed by atoms with Crippen molar-refractivity contribution in [3.8, 4) is 11.3 Å². The van der Waals surface area contributed by atoms with Gasteiger partial charge in [0, 0.05) is 28.8 Å². The number of nitrogens with zero attached hydrogens (tertiary/aromatic N) is 2. The molecule has 3 nitrogen and oxygen atoms in total. The van der Waals surface area contributed by atoms with E-state index in [1.165, 1.54) is 11.3 Å². The van der Waals surface area contributed by atoms with Crippen LogP contribution in [-0.4, -0.2) is 19.3 Å². The molecule has 0 radical (unpaired) electrons. The van der Waals surface area contributed by atoms with Gasteiger partial charge in [0.2, 0.25) is 0 Å². The second-order valence-electron chi connectivity index (χ2n) is 6.13. The Bertz CT molecular complexity index is 893. The zero-order chi connectivity index (χ0) is 18.5. The molecule has 26 heavy (non-hydrogen) atoms. The van der Waals surface area contributed by atoms with Crippen LogP contribution in [0.1, 0.15) is 25.2 Å². The van der Waals surface area contributed by atoms with E-state index < -0.39 is 0 Å². The minimum absolute atomic E-state index is 0.736. The molecule has 0 spiro atoms. The molecule has 0 saturated carbocycles. The first-order chi connectivity index (χ1) is 12.6. The number of halogens is 1. The molecule has 0 unspecified atom stereocenters. The number of rotatable bonds is 6. The summed E-state index contributed by atoms with van der Waals surface area (Å²) in [5, 5.41) is 0. The Kier molecular flexibility index (Phi) is 5.94. The predicted octanol–water partition coefficient (Wildman–Crippen LogP) is 6.61. The van der Waals surface area contributed by atoms with Crippen molar-refractivity contribution in [2.24, 2.45) is 4.99 Å². The quantitative estimate of drug-likeness (QED) is 0.427. The van der Waals surface area contributed by atoms with Crippen LogP contribution < -0.4 is 4.90 Å². The first kappa shape index (κ1) is 18.5. The lowest BCUT2D eigenvalue weighted by Crippen LogP contribution is -2.21. The first-order valence-corrected chi connectivity index (χ1v) is 9.65. The van der Waals surface area contributed by atoms with Gasteiger partial charge in [-0.25, -0.2) is 0 Å². The molecule has 0 saturated heterocycles. The number of furan rings is 1. The van der Waals surface area contributed by atoms with Gasteiger partial charge in [-0.2, -0.15) is 0 Å². The third kappa shape index (κ3) is 4.25. The lowest BCUT2D eigenvalue weighted by atomic mass is 10.1. The summed E-state index contributed by atoms with van der Waals surface area (Å²) in [7, 11) is 0. The Morgan fingerprint density at radius 1 is 1.00 bits per heavy atom. The molecule has 0 aliphatic rings. The highest BCUT2D eigenvalue weighted by molar-refractivity contribution is 9.10. The predicted molar refractivity (Wildman–Crippen MR) is 114 cm³/mol. The standard InChI is InChI=1S/C22H23BrN2O/c1-4-25(5-2)18-9-7-17(8-10-18)24-15-19-11-13-22(26-19)20-12-6-16(3)14-21(20)23/h6-15H,4-5H2,1-3H3. The number of aliphatic imine (C=N–C) groups is 1. The molecule has 0 fully saturated rings. The number of anilines is 1. The highest BCUT2D eigenvalue weighted by Crippen LogP contribution is 2.30. The maximum absolute atomic E-state index is 5.92. The van der Waals surface area contributed by atoms with Gasteiger partial charge in [0.05, 0.1) is 11.9 Å². The maximum atomic E-state index is 5.92. The Balaban J connectivity index is 1.74. The number of hydrogen-bond donors (Lipinski definition) is 0. The second kappa shape index (κ2) is 8.37. The summed E-state index contributed by atoms with van der Waals surface area (Å²) in [6.07, 6.45) is 1.76. The molecule has 1 aromatic heterocycles. The van der Waals surface area contributed by atoms with Crippen molar-refractivity contribution in [1.82, 2.24) is 0 Å². The van der Waals surface area contributed by atoms with Crippen molar-refractivity contribution in [2.75, 3.05) is 18.0 Å². The summed E-state index contributed by atoms with van der Waals surface area (Å²) in [5.41, 5.74) is 4.38. The molecule has 0 N–H and O–H groups in total. The molecule has 0 aliphatic heterocycles. The summed E-state index contributed by atoms with van der Waals surface area (Å²) in [5.74, 6) is 1.57. The van der Waals surface area contributed by atoms with Gasteiger partial charge in [-0.1, -0.05) is 22.0 Å². The third-order valence-electron chi connectivity index (χ3n) is 4.34. The van der Waals surface area contributed by atoms with Gasteiger partial charge in [0.15, 0.2) is 0 Å². The van der Waals surface area contributed by atoms with E-state index in [1.54, 1.807) is 6.21 Å². The van der Waals surface area contributed by atoms with Gasteiger partial charge in [0.25, 0.3) is 0 Å². The van der Waals surface area contributed by atoms with Gasteiger partial charge >= 0.3 is 0 Å². The fourth-order valence-electron chi connectivity index (χ4n) is 2.86. The average Bonchev–Trinajstić information content (AvgIpc) is 3.11. The van der Waals surface area contributed by atoms with Crippen molar-refractivity contribution < 1.29 is 4.42 Å². The zero-order valence-electron chi connectivity index (χ0n) is 15.4. The van der Waals surface area contributed by atoms with Crippen molar-refractivity contribution in [1.29, 1.82) is 0 Å². The summed E-state index contributed by atoms with van der Waals surface area (Å²) >= 11 is 3.60. The van der Waals surface area contributed by atoms with Crippen molar-refractivity contribution in [3.05, 3.63) is 70.4 Å². The topological polar surface area (TPSA) is 28.7 Å². The number of hydrogen-bond acceptors (Lipinski definition) is 3. The van der Waals surface area contributed by atoms with Crippen LogP contribution in [0.2, 0.25) is 0 Å². The van der Waals surface area contributed by atoms with Crippen LogP contribution in [0.4, 0.5) is 11.4 Å². The Morgan fingerprint density at radius 3 is 2.38 bits per heavy atom. The van der Waals surface area contributed by atoms with Crippen LogP contribution >= 0.6 is 15.9 Å². The molecule has 2 aromatic carbocycles. The first-order valence-electron chi connectivity index (χ1n) is 8.86. The summed E-state index contributed by atoms with van der Waals surface area (Å²) in [4.78, 5) is 6.83. The summed E-state index contributed by atoms with van der Waals surface area (Å²) < 4.78 is 6.95. The highest BCUT2D eigenvalue weighted by Gasteiger charge is 2.08. The van der Waals surface area contributed by atoms with E-state index in [0.717, 1.165) is 40.3 Å². The van der Waals surface area contributed by atoms with Crippen LogP contribution in [0.5, 0.6) is 0 Å². The van der Waals surface area contributed by atoms with Gasteiger partial charge in [0.1, 0.15) is 11.5 Å². The number of aryl methyl sites for hydroxylation is 1. The second-order valence-corrected chi connectivity index (χ2v) is 6.99. The lowest BCUT2D eigenvalue weighted by Gasteiger charge is -2.20. The normalized spacial score (nSPS) is 11.2. The summed E-state index contributed by atoms with van der Waals surface area (Å²) in [6.45, 7) is 8.40. The zero-order valence-corrected chi connectivity index (χ0v) is 17.0. The van der Waals surface area contributed by atoms with Crippen LogP contribution in [0.15, 0.2) is 68.5 Å². The molecular formula is C22H23BrN2O. The molecule has 3 aromatic rings. The Hall–Kier alpha value is -2.33. The van der Waals surface area contributed by atoms with Crippen molar-refractivity contribution >= 4 is 33.5 Å². The Morgan fingerprint density at radius 2 is 1.73 bits per heavy atom. The van der Waals surface area contributed by atoms with E-state index in [9.17, 15) is 0 Å². The largest absolute Gasteiger partial charge is 0.455 e. The van der Waals surface area contributed by atoms with E-state index in [-0.39, 0.29) is 0 Å². The molecule has 1 heterocycles. The maximum Gasteiger partial charge on any atom is 0.145 e. The van der Waals surface area contributed by atoms with Crippen LogP contribution in [-0.2, 0) is 0 Å². The molecule has 3 rings (SSSR count). The van der Waals surface area contributed by atoms with E-state index in [1.807, 2.05) is 24.3 Å². The molecule has 0 aliphatic carbocycles. The molecule has 0 atom stereocenters. The van der Waals surface area contributed by atoms with E-state index in [2.05, 4.69) is 76.9 Å². The van der Waals surface area contributed by atoms with E-state index in [0.29, 0.717) is 0 Å². The summed E-state index contributed by atoms with van der Waals surface area (Å²) in [6, 6.07) is 18.4. The van der Waals surface area contributed by atoms with Gasteiger partial charge in [-0.3, -0.25) is 4.99 Å². The SMILES string of the molecule is CCN(CC)c1ccc(N=Cc2ccc(-c3ccc(C)cc3Br)o2)cc1. The molecule has 4 heteroatoms. The number of benzene rings is 2. The smallest absolute Gasteiger partial charge is 0.145 e. The van der Waals surface area contributed by atoms with Crippen molar-refractivity contribution in [3.63, 3.8) is 0 Å². The monoisotopic (exact) mass is 410 g/mol. The fraction of sp³-hybridized carbons (Fsp3) is 0.227. The molecule has 0 amide bonds. The van der Waals surface area contributed by atoms with Gasteiger partial charge in [-0.15, -0.1) is 0 Å². The molecule has 0 bridgehead atoms. The Labute approximate surface area is 163 Å². The van der Waals surface area contributed by atoms with Gasteiger partial charge in [-0.05, 0) is 74.9 Å². The minimum atomic E-state index is 0.736. The van der Waals surface area contributed by atoms with Crippen molar-refractivity contribution in [2.45, 2.75) is 20.8 Å². The van der Waals surface area contributed by atoms with Gasteiger partial charge < -0.3 is 9.32 Å².